The number of likely N-dealkylation sites (N-methyl/N-ethyl adjacent to an activating group) is 1. The van der Waals surface area contributed by atoms with Crippen LogP contribution in [-0.2, 0) is 4.74 Å². The summed E-state index contributed by atoms with van der Waals surface area (Å²) in [6.45, 7) is 4.14. The maximum Gasteiger partial charge on any atom is 0.226 e. The molecular formula is C13H18N4O. The van der Waals surface area contributed by atoms with Crippen LogP contribution in [0.3, 0.4) is 0 Å². The average molecular weight is 246 g/mol. The van der Waals surface area contributed by atoms with Crippen molar-refractivity contribution in [3.05, 3.63) is 17.5 Å². The minimum atomic E-state index is 0.406. The van der Waals surface area contributed by atoms with Crippen LogP contribution in [0.5, 0.6) is 0 Å². The van der Waals surface area contributed by atoms with Gasteiger partial charge < -0.3 is 9.64 Å². The number of ether oxygens (including phenoxy) is 1. The molecule has 5 nitrogen and oxygen atoms in total. The Hall–Kier alpha value is -1.67. The van der Waals surface area contributed by atoms with Crippen LogP contribution in [0, 0.1) is 24.2 Å². The lowest BCUT2D eigenvalue weighted by molar-refractivity contribution is 0.130. The third-order valence-corrected chi connectivity index (χ3v) is 2.92. The third kappa shape index (κ3) is 3.67. The monoisotopic (exact) mass is 246 g/mol. The Bertz CT molecular complexity index is 451. The van der Waals surface area contributed by atoms with E-state index >= 15 is 0 Å². The van der Waals surface area contributed by atoms with Crippen LogP contribution < -0.4 is 4.90 Å². The highest BCUT2D eigenvalue weighted by atomic mass is 16.5. The number of hydrogen-bond acceptors (Lipinski definition) is 5. The Morgan fingerprint density at radius 3 is 2.94 bits per heavy atom. The van der Waals surface area contributed by atoms with Crippen molar-refractivity contribution in [3.8, 4) is 6.07 Å². The molecule has 1 aliphatic rings. The minimum Gasteiger partial charge on any atom is -0.379 e. The van der Waals surface area contributed by atoms with Gasteiger partial charge in [0.25, 0.3) is 0 Å². The van der Waals surface area contributed by atoms with Crippen molar-refractivity contribution in [1.29, 1.82) is 5.26 Å². The van der Waals surface area contributed by atoms with Crippen molar-refractivity contribution < 1.29 is 4.74 Å². The zero-order chi connectivity index (χ0) is 13.0. The molecule has 0 radical (unpaired) electrons. The predicted octanol–water partition coefficient (Wildman–Crippen LogP) is 1.52. The number of nitriles is 1. The fourth-order valence-electron chi connectivity index (χ4n) is 1.62. The molecule has 1 heterocycles. The maximum absolute atomic E-state index is 8.87. The summed E-state index contributed by atoms with van der Waals surface area (Å²) >= 11 is 0. The summed E-state index contributed by atoms with van der Waals surface area (Å²) in [5.74, 6) is 1.37. The van der Waals surface area contributed by atoms with E-state index in [4.69, 9.17) is 10.00 Å². The molecule has 1 aromatic heterocycles. The van der Waals surface area contributed by atoms with E-state index in [1.807, 2.05) is 24.9 Å². The molecule has 5 heteroatoms. The molecule has 96 valence electrons. The second-order valence-corrected chi connectivity index (χ2v) is 4.75. The van der Waals surface area contributed by atoms with E-state index < -0.39 is 0 Å². The zero-order valence-corrected chi connectivity index (χ0v) is 10.9. The van der Waals surface area contributed by atoms with E-state index in [1.54, 1.807) is 6.07 Å². The van der Waals surface area contributed by atoms with Crippen LogP contribution in [0.25, 0.3) is 0 Å². The first kappa shape index (κ1) is 12.8. The van der Waals surface area contributed by atoms with Gasteiger partial charge in [-0.2, -0.15) is 5.26 Å². The second-order valence-electron chi connectivity index (χ2n) is 4.75. The van der Waals surface area contributed by atoms with Crippen LogP contribution in [0.2, 0.25) is 0 Å². The average Bonchev–Trinajstić information content (AvgIpc) is 3.17. The minimum absolute atomic E-state index is 0.406. The summed E-state index contributed by atoms with van der Waals surface area (Å²) in [7, 11) is 1.91. The van der Waals surface area contributed by atoms with Crippen LogP contribution in [0.1, 0.15) is 24.2 Å². The quantitative estimate of drug-likeness (QED) is 0.712. The Balaban J connectivity index is 1.84. The van der Waals surface area contributed by atoms with E-state index in [9.17, 15) is 0 Å². The zero-order valence-electron chi connectivity index (χ0n) is 10.9. The Kier molecular flexibility index (Phi) is 4.11. The first-order valence-corrected chi connectivity index (χ1v) is 6.23. The van der Waals surface area contributed by atoms with E-state index in [2.05, 4.69) is 9.97 Å². The molecule has 0 amide bonds. The molecule has 0 atom stereocenters. The molecule has 1 aromatic rings. The van der Waals surface area contributed by atoms with Crippen molar-refractivity contribution in [2.75, 3.05) is 31.7 Å². The summed E-state index contributed by atoms with van der Waals surface area (Å²) < 4.78 is 5.57. The van der Waals surface area contributed by atoms with Gasteiger partial charge in [-0.05, 0) is 31.7 Å². The summed E-state index contributed by atoms with van der Waals surface area (Å²) in [5.41, 5.74) is 1.21. The number of rotatable bonds is 6. The van der Waals surface area contributed by atoms with Gasteiger partial charge in [-0.25, -0.2) is 9.97 Å². The Morgan fingerprint density at radius 2 is 2.28 bits per heavy atom. The van der Waals surface area contributed by atoms with Gasteiger partial charge in [0.2, 0.25) is 5.95 Å². The Labute approximate surface area is 107 Å². The molecule has 1 aliphatic carbocycles. The summed E-state index contributed by atoms with van der Waals surface area (Å²) in [4.78, 5) is 10.4. The van der Waals surface area contributed by atoms with Gasteiger partial charge in [0.15, 0.2) is 0 Å². The molecule has 0 spiro atoms. The van der Waals surface area contributed by atoms with Crippen molar-refractivity contribution in [1.82, 2.24) is 9.97 Å². The van der Waals surface area contributed by atoms with Crippen molar-refractivity contribution in [3.63, 3.8) is 0 Å². The first-order chi connectivity index (χ1) is 8.69. The lowest BCUT2D eigenvalue weighted by Gasteiger charge is -2.17. The summed E-state index contributed by atoms with van der Waals surface area (Å²) in [6.07, 6.45) is 2.62. The highest BCUT2D eigenvalue weighted by Gasteiger charge is 2.21. The molecule has 18 heavy (non-hydrogen) atoms. The number of anilines is 1. The van der Waals surface area contributed by atoms with Gasteiger partial charge in [0, 0.05) is 25.9 Å². The fourth-order valence-corrected chi connectivity index (χ4v) is 1.62. The molecular weight excluding hydrogens is 228 g/mol. The highest BCUT2D eigenvalue weighted by molar-refractivity contribution is 5.34. The van der Waals surface area contributed by atoms with Crippen LogP contribution in [-0.4, -0.2) is 36.8 Å². The molecule has 0 bridgehead atoms. The lowest BCUT2D eigenvalue weighted by atomic mass is 10.3. The molecule has 0 N–H and O–H groups in total. The number of nitrogens with zero attached hydrogens (tertiary/aromatic N) is 4. The largest absolute Gasteiger partial charge is 0.379 e. The van der Waals surface area contributed by atoms with E-state index in [0.717, 1.165) is 24.8 Å². The van der Waals surface area contributed by atoms with E-state index in [1.165, 1.54) is 12.8 Å². The van der Waals surface area contributed by atoms with Crippen molar-refractivity contribution >= 4 is 5.95 Å². The van der Waals surface area contributed by atoms with E-state index in [0.29, 0.717) is 18.2 Å². The highest BCUT2D eigenvalue weighted by Crippen LogP contribution is 2.28. The molecule has 2 rings (SSSR count). The summed E-state index contributed by atoms with van der Waals surface area (Å²) in [6, 6.07) is 3.73. The number of aromatic nitrogens is 2. The van der Waals surface area contributed by atoms with Gasteiger partial charge in [0.1, 0.15) is 11.8 Å². The number of aryl methyl sites for hydroxylation is 1. The molecule has 0 unspecified atom stereocenters. The molecule has 1 fully saturated rings. The molecule has 0 saturated heterocycles. The predicted molar refractivity (Wildman–Crippen MR) is 68.3 cm³/mol. The third-order valence-electron chi connectivity index (χ3n) is 2.92. The molecule has 1 saturated carbocycles. The maximum atomic E-state index is 8.87. The van der Waals surface area contributed by atoms with Crippen LogP contribution in [0.4, 0.5) is 5.95 Å². The first-order valence-electron chi connectivity index (χ1n) is 6.23. The fraction of sp³-hybridized carbons (Fsp3) is 0.615. The standard InChI is InChI=1S/C13H18N4O/c1-10-7-12(8-14)16-13(15-10)17(2)5-6-18-9-11-3-4-11/h7,11H,3-6,9H2,1-2H3. The SMILES string of the molecule is Cc1cc(C#N)nc(N(C)CCOCC2CC2)n1. The van der Waals surface area contributed by atoms with E-state index in [-0.39, 0.29) is 0 Å². The van der Waals surface area contributed by atoms with Gasteiger partial charge in [0.05, 0.1) is 6.61 Å². The lowest BCUT2D eigenvalue weighted by Crippen LogP contribution is -2.25. The normalized spacial score (nSPS) is 14.3. The second kappa shape index (κ2) is 5.78. The van der Waals surface area contributed by atoms with Crippen molar-refractivity contribution in [2.45, 2.75) is 19.8 Å². The number of hydrogen-bond donors (Lipinski definition) is 0. The summed E-state index contributed by atoms with van der Waals surface area (Å²) in [5, 5.41) is 8.87. The van der Waals surface area contributed by atoms with Crippen LogP contribution in [0.15, 0.2) is 6.07 Å². The smallest absolute Gasteiger partial charge is 0.226 e. The van der Waals surface area contributed by atoms with Gasteiger partial charge in [-0.15, -0.1) is 0 Å². The molecule has 0 aliphatic heterocycles. The van der Waals surface area contributed by atoms with Gasteiger partial charge >= 0.3 is 0 Å². The van der Waals surface area contributed by atoms with Gasteiger partial charge in [-0.1, -0.05) is 0 Å². The van der Waals surface area contributed by atoms with Crippen LogP contribution >= 0.6 is 0 Å². The van der Waals surface area contributed by atoms with Crippen molar-refractivity contribution in [2.24, 2.45) is 5.92 Å². The topological polar surface area (TPSA) is 62.0 Å². The van der Waals surface area contributed by atoms with Gasteiger partial charge in [-0.3, -0.25) is 0 Å². The molecule has 0 aromatic carbocycles. The Morgan fingerprint density at radius 1 is 1.50 bits per heavy atom.